The predicted molar refractivity (Wildman–Crippen MR) is 81.9 cm³/mol. The van der Waals surface area contributed by atoms with E-state index in [0.717, 1.165) is 34.7 Å². The zero-order chi connectivity index (χ0) is 15.1. The third-order valence-electron chi connectivity index (χ3n) is 4.20. The van der Waals surface area contributed by atoms with Crippen LogP contribution in [0.5, 0.6) is 0 Å². The Labute approximate surface area is 127 Å². The van der Waals surface area contributed by atoms with Crippen LogP contribution >= 0.6 is 0 Å². The Morgan fingerprint density at radius 3 is 2.86 bits per heavy atom. The van der Waals surface area contributed by atoms with Gasteiger partial charge in [-0.1, -0.05) is 24.3 Å². The molecule has 1 amide bonds. The second-order valence-electron chi connectivity index (χ2n) is 5.44. The number of benzene rings is 1. The Balaban J connectivity index is 1.81. The number of hydrogen-bond donors (Lipinski definition) is 0. The van der Waals surface area contributed by atoms with Crippen molar-refractivity contribution >= 4 is 17.3 Å². The highest BCUT2D eigenvalue weighted by molar-refractivity contribution is 5.80. The lowest BCUT2D eigenvalue weighted by atomic mass is 10.2. The van der Waals surface area contributed by atoms with Crippen molar-refractivity contribution in [3.63, 3.8) is 0 Å². The van der Waals surface area contributed by atoms with Gasteiger partial charge < -0.3 is 9.47 Å². The van der Waals surface area contributed by atoms with Crippen LogP contribution < -0.4 is 0 Å². The van der Waals surface area contributed by atoms with Crippen molar-refractivity contribution in [1.29, 1.82) is 0 Å². The Kier molecular flexibility index (Phi) is 2.89. The number of rotatable bonds is 2. The molecule has 1 aliphatic rings. The van der Waals surface area contributed by atoms with Gasteiger partial charge in [-0.2, -0.15) is 0 Å². The number of carbonyl (C=O) groups is 1. The smallest absolute Gasteiger partial charge is 0.210 e. The summed E-state index contributed by atoms with van der Waals surface area (Å²) in [4.78, 5) is 17.5. The van der Waals surface area contributed by atoms with E-state index in [1.807, 2.05) is 43.3 Å². The van der Waals surface area contributed by atoms with E-state index in [1.54, 1.807) is 4.90 Å². The van der Waals surface area contributed by atoms with Gasteiger partial charge in [0.1, 0.15) is 5.69 Å². The van der Waals surface area contributed by atoms with E-state index in [-0.39, 0.29) is 6.04 Å². The third kappa shape index (κ3) is 1.88. The second-order valence-corrected chi connectivity index (χ2v) is 5.44. The maximum Gasteiger partial charge on any atom is 0.210 e. The molecule has 6 heteroatoms. The van der Waals surface area contributed by atoms with Gasteiger partial charge >= 0.3 is 0 Å². The number of carbonyl (C=O) groups excluding carboxylic acids is 1. The van der Waals surface area contributed by atoms with Crippen LogP contribution in [-0.2, 0) is 11.3 Å². The van der Waals surface area contributed by atoms with Crippen molar-refractivity contribution in [2.75, 3.05) is 6.54 Å². The summed E-state index contributed by atoms with van der Waals surface area (Å²) in [6.45, 7) is 3.32. The highest BCUT2D eigenvalue weighted by atomic mass is 16.1. The van der Waals surface area contributed by atoms with Gasteiger partial charge in [0.2, 0.25) is 6.41 Å². The second kappa shape index (κ2) is 4.91. The lowest BCUT2D eigenvalue weighted by Crippen LogP contribution is -2.36. The zero-order valence-corrected chi connectivity index (χ0v) is 12.2. The summed E-state index contributed by atoms with van der Waals surface area (Å²) >= 11 is 0. The summed E-state index contributed by atoms with van der Waals surface area (Å²) in [7, 11) is 0. The molecule has 1 unspecified atom stereocenters. The van der Waals surface area contributed by atoms with Crippen LogP contribution in [0.2, 0.25) is 0 Å². The molecule has 6 nitrogen and oxygen atoms in total. The van der Waals surface area contributed by atoms with Crippen molar-refractivity contribution < 1.29 is 4.79 Å². The molecule has 0 spiro atoms. The van der Waals surface area contributed by atoms with Crippen LogP contribution in [0.15, 0.2) is 36.4 Å². The molecule has 0 radical (unpaired) electrons. The van der Waals surface area contributed by atoms with Crippen molar-refractivity contribution in [1.82, 2.24) is 24.6 Å². The molecule has 1 aromatic carbocycles. The van der Waals surface area contributed by atoms with Crippen molar-refractivity contribution in [2.45, 2.75) is 19.5 Å². The van der Waals surface area contributed by atoms with Gasteiger partial charge in [-0.25, -0.2) is 4.98 Å². The number of para-hydroxylation sites is 1. The Bertz CT molecular complexity index is 857. The Morgan fingerprint density at radius 2 is 2.00 bits per heavy atom. The summed E-state index contributed by atoms with van der Waals surface area (Å²) in [6.07, 6.45) is 0.872. The quantitative estimate of drug-likeness (QED) is 0.678. The molecule has 110 valence electrons. The number of aromatic nitrogens is 4. The molecule has 0 N–H and O–H groups in total. The fourth-order valence-corrected chi connectivity index (χ4v) is 2.93. The van der Waals surface area contributed by atoms with Gasteiger partial charge in [-0.15, -0.1) is 10.2 Å². The van der Waals surface area contributed by atoms with Gasteiger partial charge in [-0.05, 0) is 19.1 Å². The van der Waals surface area contributed by atoms with Crippen LogP contribution in [0, 0.1) is 0 Å². The number of nitrogens with zero attached hydrogens (tertiary/aromatic N) is 5. The Hall–Kier alpha value is -2.76. The summed E-state index contributed by atoms with van der Waals surface area (Å²) < 4.78 is 2.06. The van der Waals surface area contributed by atoms with Gasteiger partial charge in [0.25, 0.3) is 0 Å². The molecule has 1 aliphatic heterocycles. The highest BCUT2D eigenvalue weighted by Gasteiger charge is 2.27. The van der Waals surface area contributed by atoms with E-state index in [9.17, 15) is 4.79 Å². The first-order valence-electron chi connectivity index (χ1n) is 7.28. The monoisotopic (exact) mass is 293 g/mol. The van der Waals surface area contributed by atoms with E-state index in [2.05, 4.69) is 19.7 Å². The maximum atomic E-state index is 11.1. The van der Waals surface area contributed by atoms with E-state index < -0.39 is 0 Å². The highest BCUT2D eigenvalue weighted by Crippen LogP contribution is 2.27. The summed E-state index contributed by atoms with van der Waals surface area (Å²) in [5.41, 5.74) is 1.75. The normalized spacial score (nSPS) is 17.5. The van der Waals surface area contributed by atoms with Crippen LogP contribution in [0.4, 0.5) is 0 Å². The zero-order valence-electron chi connectivity index (χ0n) is 12.2. The van der Waals surface area contributed by atoms with Crippen LogP contribution in [-0.4, -0.2) is 37.6 Å². The van der Waals surface area contributed by atoms with E-state index in [4.69, 9.17) is 0 Å². The van der Waals surface area contributed by atoms with E-state index in [1.165, 1.54) is 0 Å². The largest absolute Gasteiger partial charge is 0.333 e. The predicted octanol–water partition coefficient (Wildman–Crippen LogP) is 2.03. The number of hydrogen-bond acceptors (Lipinski definition) is 4. The molecular formula is C16H15N5O. The van der Waals surface area contributed by atoms with E-state index >= 15 is 0 Å². The van der Waals surface area contributed by atoms with Gasteiger partial charge in [0, 0.05) is 18.5 Å². The lowest BCUT2D eigenvalue weighted by molar-refractivity contribution is -0.121. The summed E-state index contributed by atoms with van der Waals surface area (Å²) in [6, 6.07) is 12.0. The van der Waals surface area contributed by atoms with Crippen molar-refractivity contribution in [3.05, 3.63) is 42.2 Å². The van der Waals surface area contributed by atoms with Gasteiger partial charge in [-0.3, -0.25) is 4.79 Å². The van der Waals surface area contributed by atoms with Gasteiger partial charge in [0.05, 0.1) is 11.6 Å². The molecule has 1 atom stereocenters. The summed E-state index contributed by atoms with van der Waals surface area (Å²) in [5, 5.41) is 9.67. The topological polar surface area (TPSA) is 63.9 Å². The molecule has 0 fully saturated rings. The minimum Gasteiger partial charge on any atom is -0.333 e. The standard InChI is InChI=1S/C16H15N5O/c1-11-15-18-19-16(21(15)9-8-20(11)10-22)14-7-6-12-4-2-3-5-13(12)17-14/h2-7,10-11H,8-9H2,1H3. The fourth-order valence-electron chi connectivity index (χ4n) is 2.93. The van der Waals surface area contributed by atoms with Crippen molar-refractivity contribution in [3.8, 4) is 11.5 Å². The first-order valence-corrected chi connectivity index (χ1v) is 7.28. The molecule has 2 aromatic heterocycles. The third-order valence-corrected chi connectivity index (χ3v) is 4.20. The van der Waals surface area contributed by atoms with Gasteiger partial charge in [0.15, 0.2) is 11.6 Å². The number of amides is 1. The average Bonchev–Trinajstić information content (AvgIpc) is 3.00. The molecule has 0 saturated heterocycles. The molecule has 4 rings (SSSR count). The molecule has 0 saturated carbocycles. The SMILES string of the molecule is CC1c2nnc(-c3ccc4ccccc4n3)n2CCN1C=O. The molecule has 3 aromatic rings. The van der Waals surface area contributed by atoms with E-state index in [0.29, 0.717) is 13.1 Å². The van der Waals surface area contributed by atoms with Crippen LogP contribution in [0.1, 0.15) is 18.8 Å². The molecule has 0 bridgehead atoms. The van der Waals surface area contributed by atoms with Crippen molar-refractivity contribution in [2.24, 2.45) is 0 Å². The minimum absolute atomic E-state index is 0.0621. The lowest BCUT2D eigenvalue weighted by Gasteiger charge is -2.30. The first-order chi connectivity index (χ1) is 10.8. The molecular weight excluding hydrogens is 278 g/mol. The molecule has 22 heavy (non-hydrogen) atoms. The number of pyridine rings is 1. The van der Waals surface area contributed by atoms with Crippen LogP contribution in [0.3, 0.4) is 0 Å². The average molecular weight is 293 g/mol. The number of fused-ring (bicyclic) bond motifs is 2. The minimum atomic E-state index is -0.0621. The first kappa shape index (κ1) is 12.9. The van der Waals surface area contributed by atoms with Crippen LogP contribution in [0.25, 0.3) is 22.4 Å². The molecule has 3 heterocycles. The molecule has 0 aliphatic carbocycles. The Morgan fingerprint density at radius 1 is 1.14 bits per heavy atom. The fraction of sp³-hybridized carbons (Fsp3) is 0.250. The summed E-state index contributed by atoms with van der Waals surface area (Å²) in [5.74, 6) is 1.57. The maximum absolute atomic E-state index is 11.1.